The maximum absolute atomic E-state index is 11.2. The minimum absolute atomic E-state index is 0.0755. The quantitative estimate of drug-likeness (QED) is 0.936. The fourth-order valence-electron chi connectivity index (χ4n) is 2.35. The average Bonchev–Trinajstić information content (AvgIpc) is 2.55. The minimum Gasteiger partial charge on any atom is -0.483 e. The molecule has 2 atom stereocenters. The summed E-state index contributed by atoms with van der Waals surface area (Å²) in [7, 11) is 0. The van der Waals surface area contributed by atoms with E-state index in [1.807, 2.05) is 60.7 Å². The van der Waals surface area contributed by atoms with Crippen molar-refractivity contribution < 1.29 is 14.3 Å². The van der Waals surface area contributed by atoms with Gasteiger partial charge in [-0.2, -0.15) is 0 Å². The summed E-state index contributed by atoms with van der Waals surface area (Å²) < 4.78 is 11.7. The Hall–Kier alpha value is -2.33. The van der Waals surface area contributed by atoms with Crippen LogP contribution >= 0.6 is 0 Å². The van der Waals surface area contributed by atoms with Gasteiger partial charge in [0, 0.05) is 6.54 Å². The SMILES string of the molecule is O=C1CO[C@@H]([C@H](Oc2ccccc2)c2ccccc2)CN1. The molecular formula is C17H17NO3. The molecule has 1 amide bonds. The molecule has 0 spiro atoms. The molecule has 4 nitrogen and oxygen atoms in total. The number of ether oxygens (including phenoxy) is 2. The highest BCUT2D eigenvalue weighted by molar-refractivity contribution is 5.77. The number of para-hydroxylation sites is 1. The maximum Gasteiger partial charge on any atom is 0.246 e. The minimum atomic E-state index is -0.255. The Morgan fingerprint density at radius 2 is 1.71 bits per heavy atom. The molecule has 0 saturated carbocycles. The van der Waals surface area contributed by atoms with E-state index in [-0.39, 0.29) is 24.7 Å². The van der Waals surface area contributed by atoms with Crippen LogP contribution in [0.2, 0.25) is 0 Å². The molecule has 0 bridgehead atoms. The van der Waals surface area contributed by atoms with Crippen LogP contribution < -0.4 is 10.1 Å². The van der Waals surface area contributed by atoms with E-state index in [4.69, 9.17) is 9.47 Å². The molecule has 21 heavy (non-hydrogen) atoms. The summed E-state index contributed by atoms with van der Waals surface area (Å²) in [4.78, 5) is 11.2. The largest absolute Gasteiger partial charge is 0.483 e. The number of carbonyl (C=O) groups is 1. The van der Waals surface area contributed by atoms with Crippen LogP contribution in [0.3, 0.4) is 0 Å². The Morgan fingerprint density at radius 3 is 2.33 bits per heavy atom. The molecule has 1 aliphatic heterocycles. The number of hydrogen-bond acceptors (Lipinski definition) is 3. The normalized spacial score (nSPS) is 19.6. The van der Waals surface area contributed by atoms with E-state index in [9.17, 15) is 4.79 Å². The highest BCUT2D eigenvalue weighted by Crippen LogP contribution is 2.27. The van der Waals surface area contributed by atoms with E-state index < -0.39 is 0 Å². The maximum atomic E-state index is 11.2. The Balaban J connectivity index is 1.83. The topological polar surface area (TPSA) is 47.6 Å². The standard InChI is InChI=1S/C17H17NO3/c19-16-12-20-15(11-18-16)17(13-7-3-1-4-8-13)21-14-9-5-2-6-10-14/h1-10,15,17H,11-12H2,(H,18,19)/t15-,17-/m1/s1. The third-order valence-corrected chi connectivity index (χ3v) is 3.40. The van der Waals surface area contributed by atoms with Crippen molar-refractivity contribution >= 4 is 5.91 Å². The van der Waals surface area contributed by atoms with Crippen molar-refractivity contribution in [2.45, 2.75) is 12.2 Å². The molecule has 1 saturated heterocycles. The second kappa shape index (κ2) is 6.41. The van der Waals surface area contributed by atoms with Crippen molar-refractivity contribution in [2.75, 3.05) is 13.2 Å². The van der Waals surface area contributed by atoms with Crippen LogP contribution in [0.4, 0.5) is 0 Å². The van der Waals surface area contributed by atoms with Gasteiger partial charge in [0.2, 0.25) is 5.91 Å². The third kappa shape index (κ3) is 3.41. The molecular weight excluding hydrogens is 266 g/mol. The van der Waals surface area contributed by atoms with Gasteiger partial charge in [-0.1, -0.05) is 48.5 Å². The lowest BCUT2D eigenvalue weighted by molar-refractivity contribution is -0.137. The molecule has 1 fully saturated rings. The molecule has 0 radical (unpaired) electrons. The van der Waals surface area contributed by atoms with Crippen molar-refractivity contribution in [3.05, 3.63) is 66.2 Å². The Morgan fingerprint density at radius 1 is 1.05 bits per heavy atom. The first-order chi connectivity index (χ1) is 10.3. The highest BCUT2D eigenvalue weighted by atomic mass is 16.5. The molecule has 108 valence electrons. The summed E-state index contributed by atoms with van der Waals surface area (Å²) in [6.07, 6.45) is -0.459. The lowest BCUT2D eigenvalue weighted by atomic mass is 10.0. The summed E-state index contributed by atoms with van der Waals surface area (Å²) in [5, 5.41) is 2.82. The van der Waals surface area contributed by atoms with Crippen molar-refractivity contribution in [1.29, 1.82) is 0 Å². The predicted octanol–water partition coefficient (Wildman–Crippen LogP) is 2.32. The lowest BCUT2D eigenvalue weighted by Gasteiger charge is -2.31. The summed E-state index contributed by atoms with van der Waals surface area (Å²) in [5.74, 6) is 0.699. The van der Waals surface area contributed by atoms with Gasteiger partial charge in [-0.15, -0.1) is 0 Å². The van der Waals surface area contributed by atoms with Gasteiger partial charge in [-0.25, -0.2) is 0 Å². The van der Waals surface area contributed by atoms with Gasteiger partial charge >= 0.3 is 0 Å². The number of rotatable bonds is 4. The van der Waals surface area contributed by atoms with E-state index in [0.717, 1.165) is 11.3 Å². The lowest BCUT2D eigenvalue weighted by Crippen LogP contribution is -2.46. The number of hydrogen-bond donors (Lipinski definition) is 1. The second-order valence-corrected chi connectivity index (χ2v) is 4.92. The van der Waals surface area contributed by atoms with Crippen molar-refractivity contribution in [3.63, 3.8) is 0 Å². The highest BCUT2D eigenvalue weighted by Gasteiger charge is 2.30. The van der Waals surface area contributed by atoms with E-state index in [1.54, 1.807) is 0 Å². The fraction of sp³-hybridized carbons (Fsp3) is 0.235. The van der Waals surface area contributed by atoms with Crippen LogP contribution in [-0.4, -0.2) is 25.2 Å². The van der Waals surface area contributed by atoms with E-state index in [2.05, 4.69) is 5.32 Å². The smallest absolute Gasteiger partial charge is 0.246 e. The number of benzene rings is 2. The van der Waals surface area contributed by atoms with E-state index in [0.29, 0.717) is 6.54 Å². The van der Waals surface area contributed by atoms with Crippen LogP contribution in [0.5, 0.6) is 5.75 Å². The van der Waals surface area contributed by atoms with Gasteiger partial charge < -0.3 is 14.8 Å². The molecule has 2 aromatic carbocycles. The Labute approximate surface area is 123 Å². The van der Waals surface area contributed by atoms with Crippen LogP contribution in [0.15, 0.2) is 60.7 Å². The first kappa shape index (κ1) is 13.6. The van der Waals surface area contributed by atoms with Crippen LogP contribution in [0.1, 0.15) is 11.7 Å². The monoisotopic (exact) mass is 283 g/mol. The zero-order valence-electron chi connectivity index (χ0n) is 11.6. The summed E-state index contributed by atoms with van der Waals surface area (Å²) in [6, 6.07) is 19.6. The Bertz CT molecular complexity index is 575. The van der Waals surface area contributed by atoms with Crippen LogP contribution in [0.25, 0.3) is 0 Å². The summed E-state index contributed by atoms with van der Waals surface area (Å²) in [6.45, 7) is 0.525. The molecule has 0 unspecified atom stereocenters. The molecule has 3 rings (SSSR count). The van der Waals surface area contributed by atoms with Crippen molar-refractivity contribution in [2.24, 2.45) is 0 Å². The average molecular weight is 283 g/mol. The van der Waals surface area contributed by atoms with Crippen molar-refractivity contribution in [1.82, 2.24) is 5.32 Å². The number of nitrogens with one attached hydrogen (secondary N) is 1. The molecule has 1 aliphatic rings. The number of amides is 1. The fourth-order valence-corrected chi connectivity index (χ4v) is 2.35. The molecule has 0 aliphatic carbocycles. The molecule has 4 heteroatoms. The van der Waals surface area contributed by atoms with Gasteiger partial charge in [-0.05, 0) is 17.7 Å². The Kier molecular flexibility index (Phi) is 4.17. The van der Waals surface area contributed by atoms with Crippen molar-refractivity contribution in [3.8, 4) is 5.75 Å². The summed E-state index contributed by atoms with van der Waals surface area (Å²) >= 11 is 0. The molecule has 0 aromatic heterocycles. The van der Waals surface area contributed by atoms with Gasteiger partial charge in [-0.3, -0.25) is 4.79 Å². The van der Waals surface area contributed by atoms with E-state index in [1.165, 1.54) is 0 Å². The first-order valence-electron chi connectivity index (χ1n) is 6.98. The second-order valence-electron chi connectivity index (χ2n) is 4.92. The number of carbonyl (C=O) groups excluding carboxylic acids is 1. The number of morpholine rings is 1. The van der Waals surface area contributed by atoms with Crippen LogP contribution in [-0.2, 0) is 9.53 Å². The third-order valence-electron chi connectivity index (χ3n) is 3.40. The first-order valence-corrected chi connectivity index (χ1v) is 6.98. The van der Waals surface area contributed by atoms with Gasteiger partial charge in [0.25, 0.3) is 0 Å². The van der Waals surface area contributed by atoms with Gasteiger partial charge in [0.05, 0.1) is 0 Å². The molecule has 1 N–H and O–H groups in total. The van der Waals surface area contributed by atoms with E-state index >= 15 is 0 Å². The van der Waals surface area contributed by atoms with Crippen LogP contribution in [0, 0.1) is 0 Å². The van der Waals surface area contributed by atoms with Gasteiger partial charge in [0.1, 0.15) is 18.5 Å². The van der Waals surface area contributed by atoms with Gasteiger partial charge in [0.15, 0.2) is 6.10 Å². The molecule has 2 aromatic rings. The summed E-state index contributed by atoms with van der Waals surface area (Å²) in [5.41, 5.74) is 1.03. The zero-order valence-corrected chi connectivity index (χ0v) is 11.6. The predicted molar refractivity (Wildman–Crippen MR) is 79.0 cm³/mol. The zero-order chi connectivity index (χ0) is 14.5. The molecule has 1 heterocycles.